The molecular weight excluding hydrogens is 286 g/mol. The molecule has 7 nitrogen and oxygen atoms in total. The Kier molecular flexibility index (Phi) is 4.98. The number of ether oxygens (including phenoxy) is 2. The summed E-state index contributed by atoms with van der Waals surface area (Å²) >= 11 is 0. The smallest absolute Gasteiger partial charge is 0.277 e. The summed E-state index contributed by atoms with van der Waals surface area (Å²) in [7, 11) is 2.92. The van der Waals surface area contributed by atoms with Gasteiger partial charge in [-0.05, 0) is 19.4 Å². The molecule has 0 bridgehead atoms. The van der Waals surface area contributed by atoms with Gasteiger partial charge in [0.2, 0.25) is 11.8 Å². The molecule has 22 heavy (non-hydrogen) atoms. The van der Waals surface area contributed by atoms with Gasteiger partial charge in [-0.2, -0.15) is 4.98 Å². The first-order chi connectivity index (χ1) is 10.6. The second kappa shape index (κ2) is 6.93. The van der Waals surface area contributed by atoms with Crippen LogP contribution in [0.25, 0.3) is 0 Å². The van der Waals surface area contributed by atoms with E-state index in [0.29, 0.717) is 24.5 Å². The molecular formula is C15H19N3O4. The Hall–Kier alpha value is -2.57. The highest BCUT2D eigenvalue weighted by Crippen LogP contribution is 2.24. The van der Waals surface area contributed by atoms with E-state index in [0.717, 1.165) is 6.42 Å². The number of hydrazine groups is 1. The number of carbonyl (C=O) groups excluding carboxylic acids is 2. The lowest BCUT2D eigenvalue weighted by Crippen LogP contribution is -2.44. The molecule has 0 aliphatic carbocycles. The van der Waals surface area contributed by atoms with Gasteiger partial charge in [0.1, 0.15) is 5.56 Å². The van der Waals surface area contributed by atoms with E-state index in [-0.39, 0.29) is 17.7 Å². The van der Waals surface area contributed by atoms with Crippen molar-refractivity contribution < 1.29 is 19.1 Å². The highest BCUT2D eigenvalue weighted by Gasteiger charge is 2.32. The fraction of sp³-hybridized carbons (Fsp3) is 0.400. The van der Waals surface area contributed by atoms with Crippen LogP contribution in [0.1, 0.15) is 23.7 Å². The summed E-state index contributed by atoms with van der Waals surface area (Å²) in [6, 6.07) is 3.17. The molecule has 1 aromatic rings. The van der Waals surface area contributed by atoms with Crippen molar-refractivity contribution in [1.29, 1.82) is 0 Å². The first kappa shape index (κ1) is 15.8. The SMILES string of the molecule is C/C=C/C(=O)N1CCCN1C(=O)c1ccc(OC)nc1OC. The van der Waals surface area contributed by atoms with Gasteiger partial charge < -0.3 is 9.47 Å². The minimum atomic E-state index is -0.317. The van der Waals surface area contributed by atoms with Gasteiger partial charge in [0.05, 0.1) is 14.2 Å². The normalized spacial score (nSPS) is 14.5. The first-order valence-corrected chi connectivity index (χ1v) is 6.97. The Bertz CT molecular complexity index is 600. The first-order valence-electron chi connectivity index (χ1n) is 6.97. The minimum Gasteiger partial charge on any atom is -0.481 e. The van der Waals surface area contributed by atoms with Gasteiger partial charge in [0.25, 0.3) is 11.8 Å². The number of carbonyl (C=O) groups is 2. The van der Waals surface area contributed by atoms with Gasteiger partial charge in [0.15, 0.2) is 0 Å². The van der Waals surface area contributed by atoms with Crippen LogP contribution in [0.5, 0.6) is 11.8 Å². The molecule has 118 valence electrons. The van der Waals surface area contributed by atoms with Gasteiger partial charge in [-0.1, -0.05) is 6.08 Å². The molecule has 0 saturated carbocycles. The summed E-state index contributed by atoms with van der Waals surface area (Å²) in [6.07, 6.45) is 3.83. The molecule has 0 spiro atoms. The van der Waals surface area contributed by atoms with Crippen LogP contribution in [0.2, 0.25) is 0 Å². The third-order valence-corrected chi connectivity index (χ3v) is 3.30. The molecule has 0 unspecified atom stereocenters. The number of hydrogen-bond acceptors (Lipinski definition) is 5. The summed E-state index contributed by atoms with van der Waals surface area (Å²) in [6.45, 7) is 2.76. The predicted molar refractivity (Wildman–Crippen MR) is 79.5 cm³/mol. The van der Waals surface area contributed by atoms with E-state index >= 15 is 0 Å². The van der Waals surface area contributed by atoms with Crippen molar-refractivity contribution >= 4 is 11.8 Å². The number of aromatic nitrogens is 1. The van der Waals surface area contributed by atoms with Gasteiger partial charge >= 0.3 is 0 Å². The second-order valence-electron chi connectivity index (χ2n) is 4.65. The van der Waals surface area contributed by atoms with E-state index < -0.39 is 0 Å². The lowest BCUT2D eigenvalue weighted by Gasteiger charge is -2.27. The third-order valence-electron chi connectivity index (χ3n) is 3.30. The summed E-state index contributed by atoms with van der Waals surface area (Å²) < 4.78 is 10.2. The van der Waals surface area contributed by atoms with Crippen molar-refractivity contribution in [3.05, 3.63) is 29.8 Å². The summed E-state index contributed by atoms with van der Waals surface area (Å²) in [5.74, 6) is 0.00231. The van der Waals surface area contributed by atoms with E-state index in [9.17, 15) is 9.59 Å². The van der Waals surface area contributed by atoms with Gasteiger partial charge in [-0.15, -0.1) is 0 Å². The van der Waals surface area contributed by atoms with Gasteiger partial charge in [-0.3, -0.25) is 9.59 Å². The molecule has 2 heterocycles. The fourth-order valence-corrected chi connectivity index (χ4v) is 2.28. The average Bonchev–Trinajstić information content (AvgIpc) is 3.03. The van der Waals surface area contributed by atoms with E-state index in [4.69, 9.17) is 9.47 Å². The molecule has 7 heteroatoms. The highest BCUT2D eigenvalue weighted by atomic mass is 16.5. The molecule has 1 saturated heterocycles. The van der Waals surface area contributed by atoms with Crippen molar-refractivity contribution in [3.8, 4) is 11.8 Å². The predicted octanol–water partition coefficient (Wildman–Crippen LogP) is 1.26. The van der Waals surface area contributed by atoms with Crippen LogP contribution in [-0.4, -0.2) is 54.1 Å². The minimum absolute atomic E-state index is 0.176. The van der Waals surface area contributed by atoms with Crippen LogP contribution in [0.4, 0.5) is 0 Å². The number of amides is 2. The number of allylic oxidation sites excluding steroid dienone is 1. The Morgan fingerprint density at radius 1 is 1.18 bits per heavy atom. The van der Waals surface area contributed by atoms with Crippen LogP contribution >= 0.6 is 0 Å². The summed E-state index contributed by atoms with van der Waals surface area (Å²) in [4.78, 5) is 28.8. The number of nitrogens with zero attached hydrogens (tertiary/aromatic N) is 3. The standard InChI is InChI=1S/C15H19N3O4/c1-4-6-13(19)17-9-5-10-18(17)15(20)11-7-8-12(21-2)16-14(11)22-3/h4,6-8H,5,9-10H2,1-3H3/b6-4+. The summed E-state index contributed by atoms with van der Waals surface area (Å²) in [5, 5.41) is 2.86. The van der Waals surface area contributed by atoms with E-state index in [1.807, 2.05) is 0 Å². The van der Waals surface area contributed by atoms with Crippen molar-refractivity contribution in [3.63, 3.8) is 0 Å². The second-order valence-corrected chi connectivity index (χ2v) is 4.65. The number of hydrogen-bond donors (Lipinski definition) is 0. The van der Waals surface area contributed by atoms with Crippen LogP contribution in [0, 0.1) is 0 Å². The highest BCUT2D eigenvalue weighted by molar-refractivity contribution is 5.98. The zero-order chi connectivity index (χ0) is 16.1. The van der Waals surface area contributed by atoms with Crippen molar-refractivity contribution in [2.45, 2.75) is 13.3 Å². The zero-order valence-electron chi connectivity index (χ0n) is 12.9. The number of methoxy groups -OCH3 is 2. The van der Waals surface area contributed by atoms with E-state index in [1.165, 1.54) is 30.3 Å². The molecule has 2 rings (SSSR count). The van der Waals surface area contributed by atoms with E-state index in [2.05, 4.69) is 4.98 Å². The lowest BCUT2D eigenvalue weighted by molar-refractivity contribution is -0.135. The fourth-order valence-electron chi connectivity index (χ4n) is 2.28. The van der Waals surface area contributed by atoms with Gasteiger partial charge in [0, 0.05) is 25.2 Å². The third kappa shape index (κ3) is 3.03. The molecule has 0 N–H and O–H groups in total. The molecule has 0 atom stereocenters. The Morgan fingerprint density at radius 3 is 2.55 bits per heavy atom. The monoisotopic (exact) mass is 305 g/mol. The molecule has 0 aromatic carbocycles. The maximum Gasteiger partial charge on any atom is 0.277 e. The number of pyridine rings is 1. The Labute approximate surface area is 129 Å². The van der Waals surface area contributed by atoms with Crippen molar-refractivity contribution in [2.24, 2.45) is 0 Å². The summed E-state index contributed by atoms with van der Waals surface area (Å²) in [5.41, 5.74) is 0.295. The zero-order valence-corrected chi connectivity index (χ0v) is 12.9. The van der Waals surface area contributed by atoms with Gasteiger partial charge in [-0.25, -0.2) is 10.0 Å². The molecule has 0 radical (unpaired) electrons. The molecule has 1 aliphatic rings. The number of rotatable bonds is 4. The Balaban J connectivity index is 2.29. The van der Waals surface area contributed by atoms with E-state index in [1.54, 1.807) is 25.1 Å². The maximum atomic E-state index is 12.7. The quantitative estimate of drug-likeness (QED) is 0.783. The largest absolute Gasteiger partial charge is 0.481 e. The molecule has 1 fully saturated rings. The lowest BCUT2D eigenvalue weighted by atomic mass is 10.2. The molecule has 1 aliphatic heterocycles. The van der Waals surface area contributed by atoms with Crippen molar-refractivity contribution in [2.75, 3.05) is 27.3 Å². The van der Waals surface area contributed by atoms with Crippen LogP contribution in [0.15, 0.2) is 24.3 Å². The Morgan fingerprint density at radius 2 is 1.91 bits per heavy atom. The molecule has 2 amide bonds. The van der Waals surface area contributed by atoms with Crippen LogP contribution < -0.4 is 9.47 Å². The van der Waals surface area contributed by atoms with Crippen LogP contribution in [0.3, 0.4) is 0 Å². The van der Waals surface area contributed by atoms with Crippen LogP contribution in [-0.2, 0) is 4.79 Å². The topological polar surface area (TPSA) is 72.0 Å². The maximum absolute atomic E-state index is 12.7. The average molecular weight is 305 g/mol. The van der Waals surface area contributed by atoms with Crippen molar-refractivity contribution in [1.82, 2.24) is 15.0 Å². The molecule has 1 aromatic heterocycles.